The Bertz CT molecular complexity index is 912. The summed E-state index contributed by atoms with van der Waals surface area (Å²) in [6, 6.07) is 15.6. The molecule has 1 aromatic heterocycles. The normalized spacial score (nSPS) is 10.9. The van der Waals surface area contributed by atoms with Gasteiger partial charge < -0.3 is 19.1 Å². The molecule has 0 fully saturated rings. The first-order valence-electron chi connectivity index (χ1n) is 7.37. The highest BCUT2D eigenvalue weighted by Crippen LogP contribution is 2.19. The molecule has 0 atom stereocenters. The lowest BCUT2D eigenvalue weighted by molar-refractivity contribution is -0.307. The third-order valence-electron chi connectivity index (χ3n) is 3.28. The number of furan rings is 1. The van der Waals surface area contributed by atoms with Crippen LogP contribution in [0.1, 0.15) is 16.1 Å². The molecule has 0 bridgehead atoms. The molecular weight excluding hydrogens is 324 g/mol. The Labute approximate surface area is 142 Å². The molecule has 0 radical (unpaired) electrons. The first kappa shape index (κ1) is 16.3. The summed E-state index contributed by atoms with van der Waals surface area (Å²) < 4.78 is 10.5. The van der Waals surface area contributed by atoms with E-state index in [1.807, 2.05) is 18.2 Å². The van der Waals surface area contributed by atoms with Gasteiger partial charge in [-0.15, -0.1) is 0 Å². The highest BCUT2D eigenvalue weighted by atomic mass is 16.5. The quantitative estimate of drug-likeness (QED) is 0.540. The molecule has 0 spiro atoms. The fraction of sp³-hybridized carbons (Fsp3) is 0.0556. The Morgan fingerprint density at radius 3 is 2.72 bits per heavy atom. The number of hydrazone groups is 1. The molecule has 0 saturated heterocycles. The van der Waals surface area contributed by atoms with Crippen LogP contribution in [0.5, 0.6) is 5.75 Å². The number of hydrogen-bond donors (Lipinski definition) is 1. The number of benzene rings is 2. The summed E-state index contributed by atoms with van der Waals surface area (Å²) in [7, 11) is 0. The molecule has 2 aromatic carbocycles. The van der Waals surface area contributed by atoms with Gasteiger partial charge in [-0.25, -0.2) is 5.43 Å². The van der Waals surface area contributed by atoms with E-state index in [2.05, 4.69) is 10.5 Å². The molecule has 0 aliphatic heterocycles. The number of hydrogen-bond acceptors (Lipinski definition) is 6. The van der Waals surface area contributed by atoms with Crippen LogP contribution in [0.25, 0.3) is 11.0 Å². The smallest absolute Gasteiger partial charge is 0.307 e. The maximum absolute atomic E-state index is 12.1. The van der Waals surface area contributed by atoms with E-state index in [4.69, 9.17) is 9.15 Å². The van der Waals surface area contributed by atoms with Crippen molar-refractivity contribution in [2.24, 2.45) is 5.10 Å². The summed E-state index contributed by atoms with van der Waals surface area (Å²) in [4.78, 5) is 22.5. The van der Waals surface area contributed by atoms with Crippen molar-refractivity contribution in [3.8, 4) is 5.75 Å². The summed E-state index contributed by atoms with van der Waals surface area (Å²) >= 11 is 0. The lowest BCUT2D eigenvalue weighted by atomic mass is 10.2. The van der Waals surface area contributed by atoms with Gasteiger partial charge in [-0.1, -0.05) is 30.3 Å². The Balaban J connectivity index is 1.68. The minimum absolute atomic E-state index is 0.139. The zero-order chi connectivity index (χ0) is 17.6. The van der Waals surface area contributed by atoms with Crippen molar-refractivity contribution in [2.75, 3.05) is 6.61 Å². The second-order valence-electron chi connectivity index (χ2n) is 5.05. The fourth-order valence-electron chi connectivity index (χ4n) is 2.16. The maximum atomic E-state index is 12.1. The number of fused-ring (bicyclic) bond motifs is 1. The van der Waals surface area contributed by atoms with Gasteiger partial charge in [0, 0.05) is 10.9 Å². The van der Waals surface area contributed by atoms with Crippen molar-refractivity contribution >= 4 is 29.1 Å². The second-order valence-corrected chi connectivity index (χ2v) is 5.05. The van der Waals surface area contributed by atoms with Crippen molar-refractivity contribution in [3.63, 3.8) is 0 Å². The van der Waals surface area contributed by atoms with E-state index in [9.17, 15) is 14.7 Å². The van der Waals surface area contributed by atoms with Crippen molar-refractivity contribution in [3.05, 3.63) is 65.9 Å². The standard InChI is InChI=1S/C18H14N2O5/c21-17(22)11-24-14-7-3-2-6-13(14)10-19-20-18(23)16-9-12-5-1-4-8-15(12)25-16/h1-10H,11H2,(H,20,23)(H,21,22)/p-1/b19-10-. The van der Waals surface area contributed by atoms with E-state index in [0.29, 0.717) is 16.9 Å². The van der Waals surface area contributed by atoms with E-state index in [0.717, 1.165) is 5.39 Å². The molecule has 0 aliphatic rings. The van der Waals surface area contributed by atoms with Crippen LogP contribution in [0.4, 0.5) is 0 Å². The van der Waals surface area contributed by atoms with Crippen LogP contribution in [0.15, 0.2) is 64.1 Å². The van der Waals surface area contributed by atoms with E-state index >= 15 is 0 Å². The molecule has 0 aliphatic carbocycles. The molecule has 0 saturated carbocycles. The van der Waals surface area contributed by atoms with Gasteiger partial charge in [0.25, 0.3) is 0 Å². The van der Waals surface area contributed by atoms with E-state index in [-0.39, 0.29) is 5.76 Å². The van der Waals surface area contributed by atoms with Gasteiger partial charge in [0.2, 0.25) is 0 Å². The molecule has 3 aromatic rings. The average molecular weight is 337 g/mol. The predicted octanol–water partition coefficient (Wildman–Crippen LogP) is 1.33. The number of amides is 1. The van der Waals surface area contributed by atoms with Gasteiger partial charge in [0.15, 0.2) is 5.76 Å². The number of para-hydroxylation sites is 2. The van der Waals surface area contributed by atoms with Gasteiger partial charge in [-0.3, -0.25) is 4.79 Å². The van der Waals surface area contributed by atoms with Crippen molar-refractivity contribution in [2.45, 2.75) is 0 Å². The molecule has 1 heterocycles. The minimum atomic E-state index is -1.33. The topological polar surface area (TPSA) is 104 Å². The molecule has 3 rings (SSSR count). The minimum Gasteiger partial charge on any atom is -0.546 e. The van der Waals surface area contributed by atoms with Crippen LogP contribution >= 0.6 is 0 Å². The molecule has 7 nitrogen and oxygen atoms in total. The summed E-state index contributed by atoms with van der Waals surface area (Å²) in [5, 5.41) is 15.1. The van der Waals surface area contributed by atoms with Crippen molar-refractivity contribution in [1.82, 2.24) is 5.43 Å². The average Bonchev–Trinajstić information content (AvgIpc) is 3.05. The van der Waals surface area contributed by atoms with Crippen molar-refractivity contribution < 1.29 is 23.8 Å². The number of aliphatic carboxylic acids is 1. The largest absolute Gasteiger partial charge is 0.546 e. The van der Waals surface area contributed by atoms with Crippen molar-refractivity contribution in [1.29, 1.82) is 0 Å². The molecule has 25 heavy (non-hydrogen) atoms. The number of rotatable bonds is 6. The molecular formula is C18H13N2O5-. The molecule has 1 amide bonds. The Morgan fingerprint density at radius 1 is 1.16 bits per heavy atom. The lowest BCUT2D eigenvalue weighted by Crippen LogP contribution is -2.29. The van der Waals surface area contributed by atoms with Crippen LogP contribution in [0.2, 0.25) is 0 Å². The molecule has 1 N–H and O–H groups in total. The van der Waals surface area contributed by atoms with Gasteiger partial charge >= 0.3 is 5.91 Å². The predicted molar refractivity (Wildman–Crippen MR) is 88.2 cm³/mol. The van der Waals surface area contributed by atoms with Gasteiger partial charge in [-0.2, -0.15) is 5.10 Å². The van der Waals surface area contributed by atoms with Crippen LogP contribution < -0.4 is 15.3 Å². The highest BCUT2D eigenvalue weighted by molar-refractivity contribution is 5.96. The highest BCUT2D eigenvalue weighted by Gasteiger charge is 2.11. The number of ether oxygens (including phenoxy) is 1. The number of carbonyl (C=O) groups excluding carboxylic acids is 2. The molecule has 0 unspecified atom stereocenters. The lowest BCUT2D eigenvalue weighted by Gasteiger charge is -2.08. The zero-order valence-corrected chi connectivity index (χ0v) is 13.0. The zero-order valence-electron chi connectivity index (χ0n) is 13.0. The summed E-state index contributed by atoms with van der Waals surface area (Å²) in [5.41, 5.74) is 3.47. The number of carboxylic acid groups (broad SMARTS) is 1. The van der Waals surface area contributed by atoms with E-state index < -0.39 is 18.5 Å². The van der Waals surface area contributed by atoms with Crippen LogP contribution in [-0.2, 0) is 4.79 Å². The van der Waals surface area contributed by atoms with Crippen LogP contribution in [0.3, 0.4) is 0 Å². The third-order valence-corrected chi connectivity index (χ3v) is 3.28. The van der Waals surface area contributed by atoms with E-state index in [1.54, 1.807) is 36.4 Å². The van der Waals surface area contributed by atoms with Gasteiger partial charge in [-0.05, 0) is 24.3 Å². The fourth-order valence-corrected chi connectivity index (χ4v) is 2.16. The van der Waals surface area contributed by atoms with Crippen LogP contribution in [0, 0.1) is 0 Å². The molecule has 7 heteroatoms. The number of nitrogens with zero attached hydrogens (tertiary/aromatic N) is 1. The number of nitrogens with one attached hydrogen (secondary N) is 1. The van der Waals surface area contributed by atoms with Gasteiger partial charge in [0.05, 0.1) is 12.2 Å². The Hall–Kier alpha value is -3.61. The summed E-state index contributed by atoms with van der Waals surface area (Å²) in [6.07, 6.45) is 1.35. The number of carbonyl (C=O) groups is 2. The summed E-state index contributed by atoms with van der Waals surface area (Å²) in [6.45, 7) is -0.573. The summed E-state index contributed by atoms with van der Waals surface area (Å²) in [5.74, 6) is -1.38. The SMILES string of the molecule is O=C([O-])COc1ccccc1/C=N\NC(=O)c1cc2ccccc2o1. The van der Waals surface area contributed by atoms with E-state index in [1.165, 1.54) is 6.21 Å². The monoisotopic (exact) mass is 337 g/mol. The Morgan fingerprint density at radius 2 is 1.92 bits per heavy atom. The third kappa shape index (κ3) is 4.03. The first-order chi connectivity index (χ1) is 12.1. The number of carboxylic acids is 1. The maximum Gasteiger partial charge on any atom is 0.307 e. The Kier molecular flexibility index (Phi) is 4.75. The molecule has 126 valence electrons. The first-order valence-corrected chi connectivity index (χ1v) is 7.37. The second kappa shape index (κ2) is 7.31. The van der Waals surface area contributed by atoms with Crippen LogP contribution in [-0.4, -0.2) is 24.7 Å². The van der Waals surface area contributed by atoms with Gasteiger partial charge in [0.1, 0.15) is 17.9 Å².